The Morgan fingerprint density at radius 2 is 1.69 bits per heavy atom. The molecule has 1 amide bonds. The monoisotopic (exact) mass is 354 g/mol. The molecular weight excluding hydrogens is 320 g/mol. The van der Waals surface area contributed by atoms with E-state index in [0.717, 1.165) is 29.8 Å². The number of carbonyl (C=O) groups excluding carboxylic acids is 1. The number of unbranched alkanes of at least 4 members (excludes halogenated alkanes) is 1. The van der Waals surface area contributed by atoms with E-state index in [0.29, 0.717) is 6.04 Å². The predicted molar refractivity (Wildman–Crippen MR) is 110 cm³/mol. The largest absolute Gasteiger partial charge is 0.369 e. The number of nitrogens with zero attached hydrogens (tertiary/aromatic N) is 2. The summed E-state index contributed by atoms with van der Waals surface area (Å²) in [7, 11) is 2.18. The number of carbonyl (C=O) groups is 1. The van der Waals surface area contributed by atoms with Gasteiger partial charge in [0.1, 0.15) is 0 Å². The van der Waals surface area contributed by atoms with Crippen LogP contribution in [0.15, 0.2) is 11.3 Å². The standard InChI is InChI=1S/C23H34N2O/c1-9-10-11-19-14(3)15(4)21-22(16(19)5)24(8)18(7)20-12-13(2)17(6)25(20)23(21)26/h18,20H,9-12H2,1-8H3/t18?,20-/m0/s1. The van der Waals surface area contributed by atoms with Crippen molar-refractivity contribution in [1.29, 1.82) is 0 Å². The van der Waals surface area contributed by atoms with Crippen molar-refractivity contribution in [2.75, 3.05) is 11.9 Å². The molecule has 0 saturated heterocycles. The first-order valence-corrected chi connectivity index (χ1v) is 10.1. The third-order valence-electron chi connectivity index (χ3n) is 6.99. The molecular formula is C23H34N2O. The van der Waals surface area contributed by atoms with Crippen LogP contribution in [0.2, 0.25) is 0 Å². The normalized spacial score (nSPS) is 22.7. The van der Waals surface area contributed by atoms with Crippen molar-refractivity contribution in [3.8, 4) is 0 Å². The highest BCUT2D eigenvalue weighted by Crippen LogP contribution is 2.43. The highest BCUT2D eigenvalue weighted by Gasteiger charge is 2.43. The second kappa shape index (κ2) is 6.75. The molecule has 1 aromatic rings. The van der Waals surface area contributed by atoms with Crippen molar-refractivity contribution < 1.29 is 4.79 Å². The molecule has 26 heavy (non-hydrogen) atoms. The van der Waals surface area contributed by atoms with E-state index in [1.54, 1.807) is 0 Å². The Kier molecular flexibility index (Phi) is 4.94. The van der Waals surface area contributed by atoms with Gasteiger partial charge < -0.3 is 9.80 Å². The minimum atomic E-state index is 0.196. The number of hydrogen-bond acceptors (Lipinski definition) is 2. The van der Waals surface area contributed by atoms with Crippen LogP contribution in [0.1, 0.15) is 79.6 Å². The summed E-state index contributed by atoms with van der Waals surface area (Å²) >= 11 is 0. The quantitative estimate of drug-likeness (QED) is 0.735. The van der Waals surface area contributed by atoms with Crippen LogP contribution in [0, 0.1) is 20.8 Å². The maximum atomic E-state index is 13.7. The van der Waals surface area contributed by atoms with Crippen LogP contribution in [0.5, 0.6) is 0 Å². The van der Waals surface area contributed by atoms with Gasteiger partial charge in [-0.25, -0.2) is 0 Å². The van der Waals surface area contributed by atoms with E-state index in [1.807, 2.05) is 0 Å². The van der Waals surface area contributed by atoms with E-state index in [2.05, 4.69) is 65.3 Å². The first-order chi connectivity index (χ1) is 12.2. The molecule has 3 heteroatoms. The number of benzene rings is 1. The van der Waals surface area contributed by atoms with E-state index in [4.69, 9.17) is 0 Å². The Hall–Kier alpha value is -1.77. The summed E-state index contributed by atoms with van der Waals surface area (Å²) in [6.07, 6.45) is 4.48. The zero-order chi connectivity index (χ0) is 19.3. The van der Waals surface area contributed by atoms with Gasteiger partial charge in [-0.15, -0.1) is 0 Å². The van der Waals surface area contributed by atoms with Crippen LogP contribution < -0.4 is 4.90 Å². The van der Waals surface area contributed by atoms with Crippen LogP contribution in [-0.4, -0.2) is 29.9 Å². The third kappa shape index (κ3) is 2.59. The van der Waals surface area contributed by atoms with Gasteiger partial charge in [-0.1, -0.05) is 18.9 Å². The number of rotatable bonds is 3. The molecule has 0 fully saturated rings. The molecule has 0 aromatic heterocycles. The Bertz CT molecular complexity index is 790. The van der Waals surface area contributed by atoms with E-state index in [1.165, 1.54) is 40.7 Å². The number of anilines is 1. The van der Waals surface area contributed by atoms with Gasteiger partial charge in [-0.05, 0) is 83.1 Å². The Morgan fingerprint density at radius 1 is 1.04 bits per heavy atom. The third-order valence-corrected chi connectivity index (χ3v) is 6.99. The number of allylic oxidation sites excluding steroid dienone is 1. The molecule has 2 atom stereocenters. The highest BCUT2D eigenvalue weighted by atomic mass is 16.2. The zero-order valence-corrected chi connectivity index (χ0v) is 17.8. The fourth-order valence-corrected chi connectivity index (χ4v) is 4.91. The first kappa shape index (κ1) is 19.0. The Morgan fingerprint density at radius 3 is 2.31 bits per heavy atom. The second-order valence-electron chi connectivity index (χ2n) is 8.34. The maximum Gasteiger partial charge on any atom is 0.260 e. The summed E-state index contributed by atoms with van der Waals surface area (Å²) in [4.78, 5) is 18.1. The fourth-order valence-electron chi connectivity index (χ4n) is 4.91. The summed E-state index contributed by atoms with van der Waals surface area (Å²) in [5.74, 6) is 0.196. The van der Waals surface area contributed by atoms with Crippen LogP contribution >= 0.6 is 0 Å². The van der Waals surface area contributed by atoms with Gasteiger partial charge in [0.15, 0.2) is 0 Å². The zero-order valence-electron chi connectivity index (χ0n) is 17.8. The lowest BCUT2D eigenvalue weighted by Crippen LogP contribution is -2.45. The molecule has 0 N–H and O–H groups in total. The molecule has 0 saturated carbocycles. The minimum absolute atomic E-state index is 0.196. The maximum absolute atomic E-state index is 13.7. The number of amides is 1. The molecule has 3 nitrogen and oxygen atoms in total. The van der Waals surface area contributed by atoms with Crippen molar-refractivity contribution >= 4 is 11.6 Å². The average Bonchev–Trinajstić information content (AvgIpc) is 2.87. The lowest BCUT2D eigenvalue weighted by atomic mass is 9.88. The van der Waals surface area contributed by atoms with E-state index < -0.39 is 0 Å². The molecule has 3 rings (SSSR count). The smallest absolute Gasteiger partial charge is 0.260 e. The van der Waals surface area contributed by atoms with Gasteiger partial charge in [0.2, 0.25) is 0 Å². The topological polar surface area (TPSA) is 23.6 Å². The molecule has 0 radical (unpaired) electrons. The molecule has 2 aliphatic heterocycles. The number of likely N-dealkylation sites (N-methyl/N-ethyl adjacent to an activating group) is 1. The van der Waals surface area contributed by atoms with Gasteiger partial charge in [0.05, 0.1) is 17.3 Å². The first-order valence-electron chi connectivity index (χ1n) is 10.1. The number of fused-ring (bicyclic) bond motifs is 2. The molecule has 0 spiro atoms. The predicted octanol–water partition coefficient (Wildman–Crippen LogP) is 5.30. The van der Waals surface area contributed by atoms with Crippen molar-refractivity contribution in [3.05, 3.63) is 39.1 Å². The van der Waals surface area contributed by atoms with Gasteiger partial charge in [-0.2, -0.15) is 0 Å². The lowest BCUT2D eigenvalue weighted by molar-refractivity contribution is 0.0761. The molecule has 2 heterocycles. The Balaban J connectivity index is 2.26. The van der Waals surface area contributed by atoms with Crippen molar-refractivity contribution in [2.45, 2.75) is 86.2 Å². The van der Waals surface area contributed by atoms with Gasteiger partial charge in [-0.3, -0.25) is 4.79 Å². The van der Waals surface area contributed by atoms with Crippen LogP contribution in [0.3, 0.4) is 0 Å². The SMILES string of the molecule is CCCCc1c(C)c(C)c2c(c1C)N(C)C(C)[C@@H]1CC(C)=C(C)N1C2=O. The lowest BCUT2D eigenvalue weighted by Gasteiger charge is -2.34. The summed E-state index contributed by atoms with van der Waals surface area (Å²) in [6.45, 7) is 15.3. The molecule has 2 aliphatic rings. The van der Waals surface area contributed by atoms with Crippen molar-refractivity contribution in [2.24, 2.45) is 0 Å². The molecule has 1 unspecified atom stereocenters. The highest BCUT2D eigenvalue weighted by molar-refractivity contribution is 6.04. The van der Waals surface area contributed by atoms with Gasteiger partial charge in [0, 0.05) is 18.8 Å². The van der Waals surface area contributed by atoms with Gasteiger partial charge in [0.25, 0.3) is 5.91 Å². The average molecular weight is 355 g/mol. The van der Waals surface area contributed by atoms with E-state index >= 15 is 0 Å². The van der Waals surface area contributed by atoms with Crippen molar-refractivity contribution in [1.82, 2.24) is 4.90 Å². The van der Waals surface area contributed by atoms with Gasteiger partial charge >= 0.3 is 0 Å². The molecule has 142 valence electrons. The van der Waals surface area contributed by atoms with Crippen LogP contribution in [0.25, 0.3) is 0 Å². The van der Waals surface area contributed by atoms with E-state index in [-0.39, 0.29) is 11.9 Å². The number of hydrogen-bond donors (Lipinski definition) is 0. The van der Waals surface area contributed by atoms with E-state index in [9.17, 15) is 4.79 Å². The Labute approximate surface area is 159 Å². The molecule has 0 bridgehead atoms. The van der Waals surface area contributed by atoms with Crippen molar-refractivity contribution in [3.63, 3.8) is 0 Å². The summed E-state index contributed by atoms with van der Waals surface area (Å²) < 4.78 is 0. The van der Waals surface area contributed by atoms with Crippen LogP contribution in [-0.2, 0) is 6.42 Å². The molecule has 0 aliphatic carbocycles. The fraction of sp³-hybridized carbons (Fsp3) is 0.609. The summed E-state index contributed by atoms with van der Waals surface area (Å²) in [5.41, 5.74) is 9.80. The summed E-state index contributed by atoms with van der Waals surface area (Å²) in [6, 6.07) is 0.533. The van der Waals surface area contributed by atoms with Crippen LogP contribution in [0.4, 0.5) is 5.69 Å². The molecule has 1 aromatic carbocycles. The minimum Gasteiger partial charge on any atom is -0.369 e. The second-order valence-corrected chi connectivity index (χ2v) is 8.34. The summed E-state index contributed by atoms with van der Waals surface area (Å²) in [5, 5.41) is 0.